The van der Waals surface area contributed by atoms with E-state index < -0.39 is 0 Å². The summed E-state index contributed by atoms with van der Waals surface area (Å²) in [4.78, 5) is 4.61. The number of nitriles is 2. The number of hydrogen-bond acceptors (Lipinski definition) is 4. The molecule has 0 atom stereocenters. The molecule has 2 N–H and O–H groups in total. The van der Waals surface area contributed by atoms with Crippen molar-refractivity contribution in [1.82, 2.24) is 4.98 Å². The summed E-state index contributed by atoms with van der Waals surface area (Å²) < 4.78 is 0. The number of nitrogen functional groups attached to an aromatic ring is 1. The van der Waals surface area contributed by atoms with E-state index in [0.717, 1.165) is 34.4 Å². The van der Waals surface area contributed by atoms with E-state index in [9.17, 15) is 5.26 Å². The van der Waals surface area contributed by atoms with Gasteiger partial charge in [0.25, 0.3) is 0 Å². The van der Waals surface area contributed by atoms with E-state index in [-0.39, 0.29) is 11.2 Å². The van der Waals surface area contributed by atoms with Crippen LogP contribution in [0.3, 0.4) is 0 Å². The lowest BCUT2D eigenvalue weighted by molar-refractivity contribution is 0.516. The van der Waals surface area contributed by atoms with E-state index in [1.165, 1.54) is 5.56 Å². The van der Waals surface area contributed by atoms with Crippen LogP contribution in [0.5, 0.6) is 0 Å². The van der Waals surface area contributed by atoms with Gasteiger partial charge in [-0.05, 0) is 40.7 Å². The van der Waals surface area contributed by atoms with Gasteiger partial charge in [0.1, 0.15) is 17.5 Å². The molecule has 1 aliphatic rings. The number of rotatable bonds is 1. The van der Waals surface area contributed by atoms with Gasteiger partial charge in [-0.25, -0.2) is 4.98 Å². The summed E-state index contributed by atoms with van der Waals surface area (Å²) >= 11 is 0. The Morgan fingerprint density at radius 1 is 1.00 bits per heavy atom. The minimum atomic E-state index is -0.0878. The highest BCUT2D eigenvalue weighted by molar-refractivity contribution is 5.87. The largest absolute Gasteiger partial charge is 0.383 e. The van der Waals surface area contributed by atoms with E-state index in [1.807, 2.05) is 24.3 Å². The summed E-state index contributed by atoms with van der Waals surface area (Å²) in [6.45, 7) is 4.42. The fourth-order valence-electron chi connectivity index (χ4n) is 4.00. The molecule has 0 unspecified atom stereocenters. The molecule has 1 aliphatic carbocycles. The quantitative estimate of drug-likeness (QED) is 0.696. The van der Waals surface area contributed by atoms with Crippen molar-refractivity contribution in [2.45, 2.75) is 25.7 Å². The Morgan fingerprint density at radius 2 is 1.70 bits per heavy atom. The van der Waals surface area contributed by atoms with Gasteiger partial charge >= 0.3 is 0 Å². The zero-order valence-electron chi connectivity index (χ0n) is 15.2. The highest BCUT2D eigenvalue weighted by atomic mass is 14.9. The van der Waals surface area contributed by atoms with Crippen molar-refractivity contribution in [3.05, 3.63) is 70.8 Å². The third-order valence-electron chi connectivity index (χ3n) is 5.27. The number of pyridine rings is 1. The first-order valence-electron chi connectivity index (χ1n) is 8.79. The molecule has 1 heterocycles. The van der Waals surface area contributed by atoms with E-state index in [1.54, 1.807) is 12.1 Å². The van der Waals surface area contributed by atoms with Crippen LogP contribution in [-0.4, -0.2) is 4.98 Å². The predicted molar refractivity (Wildman–Crippen MR) is 106 cm³/mol. The average molecular weight is 350 g/mol. The summed E-state index contributed by atoms with van der Waals surface area (Å²) in [5, 5.41) is 18.8. The van der Waals surface area contributed by atoms with Gasteiger partial charge in [0.15, 0.2) is 0 Å². The average Bonchev–Trinajstić information content (AvgIpc) is 2.68. The molecule has 0 amide bonds. The van der Waals surface area contributed by atoms with Crippen molar-refractivity contribution in [1.29, 1.82) is 10.5 Å². The first-order valence-corrected chi connectivity index (χ1v) is 8.79. The second kappa shape index (κ2) is 5.97. The van der Waals surface area contributed by atoms with Crippen molar-refractivity contribution in [3.8, 4) is 34.5 Å². The lowest BCUT2D eigenvalue weighted by atomic mass is 9.69. The maximum atomic E-state index is 9.77. The molecule has 3 aromatic rings. The molecule has 2 aromatic carbocycles. The molecule has 0 radical (unpaired) electrons. The van der Waals surface area contributed by atoms with Crippen LogP contribution in [0, 0.1) is 22.7 Å². The van der Waals surface area contributed by atoms with Crippen LogP contribution in [0.4, 0.5) is 5.82 Å². The lowest BCUT2D eigenvalue weighted by Gasteiger charge is -2.35. The number of aromatic nitrogens is 1. The Labute approximate surface area is 158 Å². The molecule has 1 aromatic heterocycles. The summed E-state index contributed by atoms with van der Waals surface area (Å²) in [5.41, 5.74) is 13.0. The summed E-state index contributed by atoms with van der Waals surface area (Å²) in [5.74, 6) is 0.241. The van der Waals surface area contributed by atoms with Crippen LogP contribution in [-0.2, 0) is 11.8 Å². The SMILES string of the molecule is CC1(C)Cc2c(nc(N)c(C#N)c2-c2ccc(C#N)cc2)-c2ccccc21. The minimum absolute atomic E-state index is 0.0878. The number of fused-ring (bicyclic) bond motifs is 3. The second-order valence-corrected chi connectivity index (χ2v) is 7.48. The van der Waals surface area contributed by atoms with Crippen LogP contribution < -0.4 is 5.73 Å². The zero-order chi connectivity index (χ0) is 19.2. The Morgan fingerprint density at radius 3 is 2.37 bits per heavy atom. The van der Waals surface area contributed by atoms with Crippen LogP contribution in [0.25, 0.3) is 22.4 Å². The van der Waals surface area contributed by atoms with Gasteiger partial charge in [0.2, 0.25) is 0 Å². The van der Waals surface area contributed by atoms with Gasteiger partial charge in [-0.1, -0.05) is 50.2 Å². The Hall–Kier alpha value is -3.63. The number of hydrogen-bond donors (Lipinski definition) is 1. The highest BCUT2D eigenvalue weighted by Crippen LogP contribution is 2.47. The fourth-order valence-corrected chi connectivity index (χ4v) is 4.00. The van der Waals surface area contributed by atoms with Gasteiger partial charge in [-0.15, -0.1) is 0 Å². The van der Waals surface area contributed by atoms with E-state index in [4.69, 9.17) is 11.0 Å². The maximum Gasteiger partial charge on any atom is 0.142 e. The first kappa shape index (κ1) is 16.8. The molecule has 0 saturated heterocycles. The third kappa shape index (κ3) is 2.55. The minimum Gasteiger partial charge on any atom is -0.383 e. The lowest BCUT2D eigenvalue weighted by Crippen LogP contribution is -2.27. The van der Waals surface area contributed by atoms with Crippen molar-refractivity contribution >= 4 is 5.82 Å². The van der Waals surface area contributed by atoms with Gasteiger partial charge in [-0.2, -0.15) is 10.5 Å². The van der Waals surface area contributed by atoms with E-state index in [0.29, 0.717) is 11.1 Å². The van der Waals surface area contributed by atoms with Crippen molar-refractivity contribution < 1.29 is 0 Å². The summed E-state index contributed by atoms with van der Waals surface area (Å²) in [6, 6.07) is 19.9. The monoisotopic (exact) mass is 350 g/mol. The topological polar surface area (TPSA) is 86.5 Å². The Bertz CT molecular complexity index is 1140. The number of nitrogens with two attached hydrogens (primary N) is 1. The normalized spacial score (nSPS) is 13.8. The van der Waals surface area contributed by atoms with Crippen molar-refractivity contribution in [2.75, 3.05) is 5.73 Å². The van der Waals surface area contributed by atoms with Crippen LogP contribution >= 0.6 is 0 Å². The molecular formula is C23H18N4. The maximum absolute atomic E-state index is 9.77. The standard InChI is InChI=1S/C23H18N4/c1-23(2)11-17-20(15-9-7-14(12-24)8-10-15)18(13-25)22(26)27-21(17)16-5-3-4-6-19(16)23/h3-10H,11H2,1-2H3,(H2,26,27). The van der Waals surface area contributed by atoms with Gasteiger partial charge in [-0.3, -0.25) is 0 Å². The van der Waals surface area contributed by atoms with Crippen LogP contribution in [0.2, 0.25) is 0 Å². The van der Waals surface area contributed by atoms with Crippen molar-refractivity contribution in [2.24, 2.45) is 0 Å². The molecule has 130 valence electrons. The predicted octanol–water partition coefficient (Wildman–Crippen LogP) is 4.57. The smallest absolute Gasteiger partial charge is 0.142 e. The second-order valence-electron chi connectivity index (χ2n) is 7.48. The molecule has 4 nitrogen and oxygen atoms in total. The molecule has 0 fully saturated rings. The van der Waals surface area contributed by atoms with E-state index in [2.05, 4.69) is 43.1 Å². The summed E-state index contributed by atoms with van der Waals surface area (Å²) in [6.07, 6.45) is 0.761. The molecule has 0 bridgehead atoms. The molecule has 27 heavy (non-hydrogen) atoms. The number of anilines is 1. The van der Waals surface area contributed by atoms with Gasteiger partial charge in [0, 0.05) is 11.1 Å². The van der Waals surface area contributed by atoms with Gasteiger partial charge in [0.05, 0.1) is 17.3 Å². The number of nitrogens with zero attached hydrogens (tertiary/aromatic N) is 3. The Kier molecular flexibility index (Phi) is 3.72. The molecule has 0 spiro atoms. The molecule has 0 aliphatic heterocycles. The zero-order valence-corrected chi connectivity index (χ0v) is 15.2. The summed E-state index contributed by atoms with van der Waals surface area (Å²) in [7, 11) is 0. The number of benzene rings is 2. The fraction of sp³-hybridized carbons (Fsp3) is 0.174. The van der Waals surface area contributed by atoms with E-state index >= 15 is 0 Å². The third-order valence-corrected chi connectivity index (χ3v) is 5.27. The first-order chi connectivity index (χ1) is 13.0. The van der Waals surface area contributed by atoms with Crippen molar-refractivity contribution in [3.63, 3.8) is 0 Å². The Balaban J connectivity index is 2.08. The highest BCUT2D eigenvalue weighted by Gasteiger charge is 2.34. The molecule has 4 heteroatoms. The van der Waals surface area contributed by atoms with Crippen LogP contribution in [0.15, 0.2) is 48.5 Å². The molecular weight excluding hydrogens is 332 g/mol. The molecule has 4 rings (SSSR count). The molecule has 0 saturated carbocycles. The van der Waals surface area contributed by atoms with Crippen LogP contribution in [0.1, 0.15) is 36.1 Å². The van der Waals surface area contributed by atoms with Gasteiger partial charge < -0.3 is 5.73 Å².